The molecule has 1 aromatic heterocycles. The lowest BCUT2D eigenvalue weighted by molar-refractivity contribution is 0.472. The number of nitrogens with zero attached hydrogens (tertiary/aromatic N) is 8. The summed E-state index contributed by atoms with van der Waals surface area (Å²) in [5.41, 5.74) is 1.44. The van der Waals surface area contributed by atoms with Crippen LogP contribution in [0.25, 0.3) is 10.8 Å². The molecule has 0 amide bonds. The number of azo groups is 2. The molecule has 8 N–H and O–H groups in total. The van der Waals surface area contributed by atoms with E-state index in [1.54, 1.807) is 13.0 Å². The van der Waals surface area contributed by atoms with Crippen LogP contribution in [-0.2, 0) is 60.1 Å². The van der Waals surface area contributed by atoms with Gasteiger partial charge >= 0.3 is 0 Å². The van der Waals surface area contributed by atoms with Gasteiger partial charge in [0.05, 0.1) is 20.9 Å². The summed E-state index contributed by atoms with van der Waals surface area (Å²) < 4.78 is 190. The molecule has 34 heteroatoms. The molecular formula is C37H31ClN10O17S6. The number of hydrogen-bond acceptors (Lipinski definition) is 23. The Balaban J connectivity index is 1.50. The van der Waals surface area contributed by atoms with Crippen LogP contribution in [0.15, 0.2) is 147 Å². The van der Waals surface area contributed by atoms with Crippen LogP contribution in [0.2, 0.25) is 5.28 Å². The standard InChI is InChI=1S/C37H31ClN10O17S6/c1-4-48(21-8-7-9-22(17-21)66(50,51)5-2)37-42-35(38)41-36(43-37)40-20-10-13-26(68(54,55)56)25(16-20)45-47-33-29(71(63,64)65)15-19-14-28(70(60,61)62)32(31(39)30(19)34(33)49)46-44-24-12-11-23(67(52,53)6-3)18-27(24)69(57,58)59/h5-18,49H,2-4,39H2,1H3,(H,54,55,56)(H,57,58,59)(H,60,61,62)(H,63,64,65)(H,40,41,42,43)/b46-44+,47-45+. The maximum absolute atomic E-state index is 12.7. The highest BCUT2D eigenvalue weighted by Gasteiger charge is 2.29. The second kappa shape index (κ2) is 19.4. The molecule has 6 aromatic rings. The number of nitrogens with two attached hydrogens (primary N) is 1. The summed E-state index contributed by atoms with van der Waals surface area (Å²) in [5, 5.41) is 28.1. The molecule has 5 aromatic carbocycles. The predicted octanol–water partition coefficient (Wildman–Crippen LogP) is 6.52. The highest BCUT2D eigenvalue weighted by molar-refractivity contribution is 7.94. The van der Waals surface area contributed by atoms with Crippen molar-refractivity contribution < 1.29 is 73.8 Å². The van der Waals surface area contributed by atoms with Gasteiger partial charge in [0, 0.05) is 28.7 Å². The Morgan fingerprint density at radius 2 is 1.20 bits per heavy atom. The first-order valence-corrected chi connectivity index (χ1v) is 28.0. The van der Waals surface area contributed by atoms with E-state index in [0.717, 1.165) is 29.7 Å². The Morgan fingerprint density at radius 1 is 0.648 bits per heavy atom. The SMILES string of the molecule is C=CS(=O)(=O)c1cccc(N(CC)c2nc(Cl)nc(Nc3ccc(S(=O)(=O)O)c(/N=N/c4c(S(=O)(=O)O)cc5cc(S(=O)(=O)O)c(/N=N/c6ccc(S(=O)(=O)C=C)cc6S(=O)(=O)O)c(N)c5c4O)c3)n2)c1. The molecule has 0 aliphatic heterocycles. The minimum absolute atomic E-state index is 0.102. The summed E-state index contributed by atoms with van der Waals surface area (Å²) in [6, 6.07) is 11.3. The van der Waals surface area contributed by atoms with Crippen molar-refractivity contribution in [3.63, 3.8) is 0 Å². The van der Waals surface area contributed by atoms with Gasteiger partial charge in [-0.05, 0) is 90.6 Å². The molecule has 0 bridgehead atoms. The van der Waals surface area contributed by atoms with Crippen molar-refractivity contribution in [2.24, 2.45) is 20.5 Å². The van der Waals surface area contributed by atoms with Crippen LogP contribution in [0, 0.1) is 0 Å². The number of benzene rings is 5. The van der Waals surface area contributed by atoms with Crippen LogP contribution >= 0.6 is 11.6 Å². The van der Waals surface area contributed by atoms with E-state index in [4.69, 9.17) is 17.3 Å². The van der Waals surface area contributed by atoms with E-state index in [0.29, 0.717) is 35.4 Å². The number of fused-ring (bicyclic) bond motifs is 1. The molecule has 6 rings (SSSR count). The first-order valence-electron chi connectivity index (χ1n) is 18.8. The molecule has 0 aliphatic rings. The molecule has 0 atom stereocenters. The quantitative estimate of drug-likeness (QED) is 0.0290. The van der Waals surface area contributed by atoms with Crippen LogP contribution in [-0.4, -0.2) is 95.3 Å². The number of aromatic hydroxyl groups is 1. The van der Waals surface area contributed by atoms with Crippen molar-refractivity contribution in [1.82, 2.24) is 15.0 Å². The Kier molecular flexibility index (Phi) is 14.6. The molecule has 374 valence electrons. The number of hydrogen-bond donors (Lipinski definition) is 7. The van der Waals surface area contributed by atoms with Gasteiger partial charge < -0.3 is 21.1 Å². The molecule has 27 nitrogen and oxygen atoms in total. The number of phenols is 1. The monoisotopic (exact) mass is 1110 g/mol. The highest BCUT2D eigenvalue weighted by atomic mass is 35.5. The lowest BCUT2D eigenvalue weighted by Crippen LogP contribution is -2.20. The largest absolute Gasteiger partial charge is 0.505 e. The molecule has 0 unspecified atom stereocenters. The van der Waals surface area contributed by atoms with E-state index in [9.17, 15) is 73.8 Å². The zero-order valence-electron chi connectivity index (χ0n) is 35.3. The fourth-order valence-corrected chi connectivity index (χ4v) is 10.6. The number of halogens is 1. The van der Waals surface area contributed by atoms with Crippen molar-refractivity contribution in [3.05, 3.63) is 102 Å². The Hall–Kier alpha value is -6.92. The molecule has 71 heavy (non-hydrogen) atoms. The van der Waals surface area contributed by atoms with Crippen molar-refractivity contribution >= 4 is 134 Å². The molecule has 0 aliphatic carbocycles. The first kappa shape index (κ1) is 53.4. The average molecular weight is 1120 g/mol. The van der Waals surface area contributed by atoms with E-state index in [1.807, 2.05) is 0 Å². The van der Waals surface area contributed by atoms with Crippen molar-refractivity contribution in [2.75, 3.05) is 22.5 Å². The van der Waals surface area contributed by atoms with Crippen LogP contribution in [0.4, 0.5) is 51.7 Å². The maximum Gasteiger partial charge on any atom is 0.296 e. The summed E-state index contributed by atoms with van der Waals surface area (Å²) >= 11 is 6.22. The van der Waals surface area contributed by atoms with Gasteiger partial charge in [-0.15, -0.1) is 20.5 Å². The van der Waals surface area contributed by atoms with Crippen LogP contribution in [0.5, 0.6) is 5.75 Å². The minimum Gasteiger partial charge on any atom is -0.505 e. The van der Waals surface area contributed by atoms with E-state index >= 15 is 0 Å². The predicted molar refractivity (Wildman–Crippen MR) is 253 cm³/mol. The lowest BCUT2D eigenvalue weighted by atomic mass is 10.1. The summed E-state index contributed by atoms with van der Waals surface area (Å²) in [5.74, 6) is -1.78. The van der Waals surface area contributed by atoms with Gasteiger partial charge in [-0.25, -0.2) is 16.8 Å². The smallest absolute Gasteiger partial charge is 0.296 e. The number of rotatable bonds is 17. The lowest BCUT2D eigenvalue weighted by Gasteiger charge is -2.22. The minimum atomic E-state index is -5.53. The molecule has 0 radical (unpaired) electrons. The zero-order chi connectivity index (χ0) is 52.8. The number of aromatic nitrogens is 3. The second-order valence-electron chi connectivity index (χ2n) is 13.9. The average Bonchev–Trinajstić information content (AvgIpc) is 3.27. The number of phenolic OH excluding ortho intramolecular Hbond substituents is 1. The topological polar surface area (TPSA) is 435 Å². The third kappa shape index (κ3) is 11.5. The summed E-state index contributed by atoms with van der Waals surface area (Å²) in [7, 11) is -29.7. The van der Waals surface area contributed by atoms with Gasteiger partial charge in [-0.2, -0.15) is 48.6 Å². The second-order valence-corrected chi connectivity index (χ2v) is 23.6. The normalized spacial score (nSPS) is 12.9. The fourth-order valence-electron chi connectivity index (χ4n) is 6.27. The van der Waals surface area contributed by atoms with Crippen LogP contribution in [0.3, 0.4) is 0 Å². The molecule has 1 heterocycles. The van der Waals surface area contributed by atoms with E-state index < -0.39 is 135 Å². The van der Waals surface area contributed by atoms with Gasteiger partial charge in [-0.3, -0.25) is 18.2 Å². The Bertz CT molecular complexity index is 4030. The number of nitrogens with one attached hydrogen (secondary N) is 1. The van der Waals surface area contributed by atoms with Gasteiger partial charge in [0.25, 0.3) is 40.5 Å². The van der Waals surface area contributed by atoms with E-state index in [1.165, 1.54) is 23.1 Å². The summed E-state index contributed by atoms with van der Waals surface area (Å²) in [6.07, 6.45) is 0. The number of nitrogen functional groups attached to an aromatic ring is 1. The number of sulfone groups is 2. The third-order valence-electron chi connectivity index (χ3n) is 9.47. The summed E-state index contributed by atoms with van der Waals surface area (Å²) in [4.78, 5) is 8.27. The van der Waals surface area contributed by atoms with Gasteiger partial charge in [0.15, 0.2) is 25.4 Å². The van der Waals surface area contributed by atoms with Crippen molar-refractivity contribution in [3.8, 4) is 5.75 Å². The third-order valence-corrected chi connectivity index (χ3v) is 15.9. The highest BCUT2D eigenvalue weighted by Crippen LogP contribution is 2.49. The molecule has 0 saturated heterocycles. The molecule has 0 saturated carbocycles. The van der Waals surface area contributed by atoms with E-state index in [-0.39, 0.29) is 29.0 Å². The Morgan fingerprint density at radius 3 is 1.76 bits per heavy atom. The van der Waals surface area contributed by atoms with Gasteiger partial charge in [0.2, 0.25) is 17.2 Å². The zero-order valence-corrected chi connectivity index (χ0v) is 41.0. The molecule has 0 fully saturated rings. The van der Waals surface area contributed by atoms with Crippen molar-refractivity contribution in [1.29, 1.82) is 0 Å². The number of anilines is 5. The van der Waals surface area contributed by atoms with Gasteiger partial charge in [0.1, 0.15) is 42.3 Å². The van der Waals surface area contributed by atoms with Crippen LogP contribution in [0.1, 0.15) is 6.92 Å². The first-order chi connectivity index (χ1) is 32.8. The van der Waals surface area contributed by atoms with Crippen molar-refractivity contribution in [2.45, 2.75) is 36.3 Å². The fraction of sp³-hybridized carbons (Fsp3) is 0.0541. The molecule has 0 spiro atoms. The van der Waals surface area contributed by atoms with E-state index in [2.05, 4.69) is 53.9 Å². The maximum atomic E-state index is 12.7. The summed E-state index contributed by atoms with van der Waals surface area (Å²) in [6.45, 7) is 8.25. The molecular weight excluding hydrogens is 1080 g/mol. The Labute approximate surface area is 407 Å². The van der Waals surface area contributed by atoms with Gasteiger partial charge in [-0.1, -0.05) is 19.2 Å². The van der Waals surface area contributed by atoms with Crippen LogP contribution < -0.4 is 16.0 Å².